The highest BCUT2D eigenvalue weighted by Gasteiger charge is 2.02. The fourth-order valence-electron chi connectivity index (χ4n) is 1.07. The van der Waals surface area contributed by atoms with Crippen LogP contribution < -0.4 is 5.32 Å². The summed E-state index contributed by atoms with van der Waals surface area (Å²) in [5.41, 5.74) is 0. The van der Waals surface area contributed by atoms with E-state index < -0.39 is 0 Å². The van der Waals surface area contributed by atoms with E-state index in [1.807, 2.05) is 23.2 Å². The van der Waals surface area contributed by atoms with Gasteiger partial charge in [0.1, 0.15) is 0 Å². The van der Waals surface area contributed by atoms with E-state index >= 15 is 0 Å². The molecule has 14 heavy (non-hydrogen) atoms. The van der Waals surface area contributed by atoms with Crippen LogP contribution in [0.5, 0.6) is 0 Å². The molecule has 1 aromatic rings. The summed E-state index contributed by atoms with van der Waals surface area (Å²) in [6.45, 7) is 5.34. The molecular formula is C10H16ClNS2. The molecule has 1 N–H and O–H groups in total. The third-order valence-electron chi connectivity index (χ3n) is 1.82. The third-order valence-corrected chi connectivity index (χ3v) is 4.25. The van der Waals surface area contributed by atoms with Gasteiger partial charge in [0, 0.05) is 28.6 Å². The molecule has 0 aliphatic rings. The Hall–Kier alpha value is 0.300. The summed E-state index contributed by atoms with van der Waals surface area (Å²) < 4.78 is 0. The van der Waals surface area contributed by atoms with Gasteiger partial charge in [0.15, 0.2) is 0 Å². The van der Waals surface area contributed by atoms with Crippen molar-refractivity contribution in [3.8, 4) is 0 Å². The first-order valence-corrected chi connectivity index (χ1v) is 7.17. The van der Waals surface area contributed by atoms with E-state index in [4.69, 9.17) is 11.6 Å². The molecule has 1 atom stereocenters. The fraction of sp³-hybridized carbons (Fsp3) is 0.600. The maximum Gasteiger partial charge on any atom is 0.0516 e. The van der Waals surface area contributed by atoms with Gasteiger partial charge in [-0.05, 0) is 18.7 Å². The third kappa shape index (κ3) is 4.69. The van der Waals surface area contributed by atoms with Gasteiger partial charge in [-0.3, -0.25) is 0 Å². The van der Waals surface area contributed by atoms with Gasteiger partial charge in [0.05, 0.1) is 5.02 Å². The SMILES string of the molecule is CCSCC(C)NCc1cc(Cl)cs1. The highest BCUT2D eigenvalue weighted by atomic mass is 35.5. The van der Waals surface area contributed by atoms with E-state index in [0.717, 1.165) is 11.6 Å². The molecule has 0 aliphatic carbocycles. The van der Waals surface area contributed by atoms with Crippen LogP contribution in [-0.2, 0) is 6.54 Å². The highest BCUT2D eigenvalue weighted by molar-refractivity contribution is 7.99. The summed E-state index contributed by atoms with van der Waals surface area (Å²) in [6.07, 6.45) is 0. The molecule has 1 heterocycles. The molecule has 1 nitrogen and oxygen atoms in total. The molecule has 1 rings (SSSR count). The molecule has 0 radical (unpaired) electrons. The van der Waals surface area contributed by atoms with Crippen LogP contribution in [0.25, 0.3) is 0 Å². The minimum Gasteiger partial charge on any atom is -0.309 e. The van der Waals surface area contributed by atoms with Gasteiger partial charge >= 0.3 is 0 Å². The van der Waals surface area contributed by atoms with Crippen molar-refractivity contribution in [3.63, 3.8) is 0 Å². The second kappa shape index (κ2) is 6.72. The fourth-order valence-corrected chi connectivity index (χ4v) is 2.81. The molecule has 1 aromatic heterocycles. The lowest BCUT2D eigenvalue weighted by molar-refractivity contribution is 0.600. The topological polar surface area (TPSA) is 12.0 Å². The van der Waals surface area contributed by atoms with Crippen molar-refractivity contribution in [3.05, 3.63) is 21.3 Å². The van der Waals surface area contributed by atoms with Crippen molar-refractivity contribution in [2.24, 2.45) is 0 Å². The molecule has 0 amide bonds. The number of thiophene rings is 1. The Balaban J connectivity index is 2.20. The molecule has 0 saturated heterocycles. The maximum absolute atomic E-state index is 5.84. The van der Waals surface area contributed by atoms with E-state index in [-0.39, 0.29) is 0 Å². The molecule has 80 valence electrons. The van der Waals surface area contributed by atoms with Crippen molar-refractivity contribution in [1.82, 2.24) is 5.32 Å². The van der Waals surface area contributed by atoms with Gasteiger partial charge in [0.2, 0.25) is 0 Å². The lowest BCUT2D eigenvalue weighted by atomic mass is 10.3. The van der Waals surface area contributed by atoms with Crippen molar-refractivity contribution in [1.29, 1.82) is 0 Å². The second-order valence-corrected chi connectivity index (χ2v) is 5.92. The molecule has 0 aromatic carbocycles. The van der Waals surface area contributed by atoms with Gasteiger partial charge in [-0.25, -0.2) is 0 Å². The lowest BCUT2D eigenvalue weighted by Gasteiger charge is -2.11. The van der Waals surface area contributed by atoms with Crippen molar-refractivity contribution < 1.29 is 0 Å². The van der Waals surface area contributed by atoms with Gasteiger partial charge in [-0.15, -0.1) is 11.3 Å². The van der Waals surface area contributed by atoms with Gasteiger partial charge in [0.25, 0.3) is 0 Å². The zero-order valence-electron chi connectivity index (χ0n) is 8.55. The minimum atomic E-state index is 0.570. The summed E-state index contributed by atoms with van der Waals surface area (Å²) in [7, 11) is 0. The average Bonchev–Trinajstić information content (AvgIpc) is 2.58. The summed E-state index contributed by atoms with van der Waals surface area (Å²) in [6, 6.07) is 2.60. The summed E-state index contributed by atoms with van der Waals surface area (Å²) in [5.74, 6) is 2.37. The van der Waals surface area contributed by atoms with Crippen LogP contribution in [0, 0.1) is 0 Å². The summed E-state index contributed by atoms with van der Waals surface area (Å²) >= 11 is 9.52. The Morgan fingerprint density at radius 1 is 1.64 bits per heavy atom. The van der Waals surface area contributed by atoms with Gasteiger partial charge in [-0.2, -0.15) is 11.8 Å². The molecule has 1 unspecified atom stereocenters. The first-order valence-electron chi connectivity index (χ1n) is 4.76. The Morgan fingerprint density at radius 3 is 3.00 bits per heavy atom. The number of thioether (sulfide) groups is 1. The number of hydrogen-bond donors (Lipinski definition) is 1. The van der Waals surface area contributed by atoms with E-state index in [2.05, 4.69) is 19.2 Å². The second-order valence-electron chi connectivity index (χ2n) is 3.17. The predicted octanol–water partition coefficient (Wildman–Crippen LogP) is 3.63. The normalized spacial score (nSPS) is 13.1. The molecular weight excluding hydrogens is 234 g/mol. The van der Waals surface area contributed by atoms with E-state index in [0.29, 0.717) is 6.04 Å². The van der Waals surface area contributed by atoms with Gasteiger partial charge in [-0.1, -0.05) is 18.5 Å². The van der Waals surface area contributed by atoms with Crippen LogP contribution in [0.1, 0.15) is 18.7 Å². The maximum atomic E-state index is 5.84. The van der Waals surface area contributed by atoms with Crippen LogP contribution in [0.2, 0.25) is 5.02 Å². The number of nitrogens with one attached hydrogen (secondary N) is 1. The van der Waals surface area contributed by atoms with Crippen molar-refractivity contribution >= 4 is 34.7 Å². The van der Waals surface area contributed by atoms with Crippen LogP contribution in [0.3, 0.4) is 0 Å². The average molecular weight is 250 g/mol. The standard InChI is InChI=1S/C10H16ClNS2/c1-3-13-6-8(2)12-5-10-4-9(11)7-14-10/h4,7-8,12H,3,5-6H2,1-2H3. The quantitative estimate of drug-likeness (QED) is 0.826. The number of hydrogen-bond acceptors (Lipinski definition) is 3. The Labute approximate surface area is 99.2 Å². The first-order chi connectivity index (χ1) is 6.72. The Morgan fingerprint density at radius 2 is 2.43 bits per heavy atom. The molecule has 0 fully saturated rings. The lowest BCUT2D eigenvalue weighted by Crippen LogP contribution is -2.27. The Kier molecular flexibility index (Phi) is 5.94. The smallest absolute Gasteiger partial charge is 0.0516 e. The summed E-state index contributed by atoms with van der Waals surface area (Å²) in [4.78, 5) is 1.31. The highest BCUT2D eigenvalue weighted by Crippen LogP contribution is 2.18. The number of rotatable bonds is 6. The van der Waals surface area contributed by atoms with Crippen molar-refractivity contribution in [2.75, 3.05) is 11.5 Å². The van der Waals surface area contributed by atoms with Crippen molar-refractivity contribution in [2.45, 2.75) is 26.4 Å². The van der Waals surface area contributed by atoms with Gasteiger partial charge < -0.3 is 5.32 Å². The molecule has 0 aliphatic heterocycles. The molecule has 0 bridgehead atoms. The summed E-state index contributed by atoms with van der Waals surface area (Å²) in [5, 5.41) is 6.30. The van der Waals surface area contributed by atoms with Crippen LogP contribution >= 0.6 is 34.7 Å². The first kappa shape index (κ1) is 12.4. The van der Waals surface area contributed by atoms with E-state index in [1.54, 1.807) is 11.3 Å². The van der Waals surface area contributed by atoms with E-state index in [9.17, 15) is 0 Å². The molecule has 0 saturated carbocycles. The number of halogens is 1. The van der Waals surface area contributed by atoms with Crippen LogP contribution in [-0.4, -0.2) is 17.5 Å². The monoisotopic (exact) mass is 249 g/mol. The van der Waals surface area contributed by atoms with Crippen LogP contribution in [0.15, 0.2) is 11.4 Å². The molecule has 0 spiro atoms. The Bertz CT molecular complexity index is 262. The largest absolute Gasteiger partial charge is 0.309 e. The minimum absolute atomic E-state index is 0.570. The molecule has 4 heteroatoms. The van der Waals surface area contributed by atoms with E-state index in [1.165, 1.54) is 16.4 Å². The predicted molar refractivity (Wildman–Crippen MR) is 68.6 cm³/mol. The zero-order chi connectivity index (χ0) is 10.4. The zero-order valence-corrected chi connectivity index (χ0v) is 10.9. The van der Waals surface area contributed by atoms with Crippen LogP contribution in [0.4, 0.5) is 0 Å².